The Kier molecular flexibility index (Phi) is 3.25. The van der Waals surface area contributed by atoms with Crippen LogP contribution in [0.15, 0.2) is 33.9 Å². The smallest absolute Gasteiger partial charge is 0.251 e. The zero-order chi connectivity index (χ0) is 17.0. The van der Waals surface area contributed by atoms with Gasteiger partial charge in [0.2, 0.25) is 0 Å². The van der Waals surface area contributed by atoms with E-state index in [1.807, 2.05) is 26.1 Å². The quantitative estimate of drug-likeness (QED) is 0.722. The number of pyridine rings is 2. The van der Waals surface area contributed by atoms with Gasteiger partial charge in [-0.1, -0.05) is 0 Å². The van der Waals surface area contributed by atoms with Crippen molar-refractivity contribution >= 4 is 21.8 Å². The van der Waals surface area contributed by atoms with E-state index in [1.165, 1.54) is 0 Å². The van der Waals surface area contributed by atoms with Gasteiger partial charge in [0.25, 0.3) is 11.1 Å². The van der Waals surface area contributed by atoms with Crippen molar-refractivity contribution in [2.45, 2.75) is 13.0 Å². The van der Waals surface area contributed by atoms with E-state index < -0.39 is 0 Å². The SMILES string of the molecule is CNC[C@H]1COc2c3c(cc4ccc(=O)n1c24)c(C)cc(=O)n3C. The lowest BCUT2D eigenvalue weighted by molar-refractivity contribution is 0.233. The highest BCUT2D eigenvalue weighted by atomic mass is 16.5. The van der Waals surface area contributed by atoms with Crippen LogP contribution in [0.1, 0.15) is 11.6 Å². The van der Waals surface area contributed by atoms with Crippen molar-refractivity contribution in [2.75, 3.05) is 20.2 Å². The van der Waals surface area contributed by atoms with Gasteiger partial charge in [0, 0.05) is 36.5 Å². The minimum atomic E-state index is -0.0821. The highest BCUT2D eigenvalue weighted by Gasteiger charge is 2.26. The molecule has 0 aliphatic carbocycles. The summed E-state index contributed by atoms with van der Waals surface area (Å²) in [6.45, 7) is 2.96. The molecule has 6 heteroatoms. The third kappa shape index (κ3) is 1.93. The fraction of sp³-hybridized carbons (Fsp3) is 0.333. The van der Waals surface area contributed by atoms with Gasteiger partial charge in [-0.25, -0.2) is 0 Å². The van der Waals surface area contributed by atoms with E-state index in [0.717, 1.165) is 27.4 Å². The first-order valence-electron chi connectivity index (χ1n) is 7.99. The summed E-state index contributed by atoms with van der Waals surface area (Å²) in [5.74, 6) is 0.621. The lowest BCUT2D eigenvalue weighted by Gasteiger charge is -2.29. The van der Waals surface area contributed by atoms with Crippen LogP contribution in [0.3, 0.4) is 0 Å². The molecule has 0 radical (unpaired) electrons. The van der Waals surface area contributed by atoms with Crippen molar-refractivity contribution in [3.63, 3.8) is 0 Å². The van der Waals surface area contributed by atoms with Gasteiger partial charge in [0.1, 0.15) is 6.61 Å². The summed E-state index contributed by atoms with van der Waals surface area (Å²) >= 11 is 0. The molecule has 0 spiro atoms. The monoisotopic (exact) mass is 325 g/mol. The number of hydrogen-bond donors (Lipinski definition) is 1. The summed E-state index contributed by atoms with van der Waals surface area (Å²) in [7, 11) is 3.59. The number of benzene rings is 1. The predicted octanol–water partition coefficient (Wildman–Crippen LogP) is 1.31. The Morgan fingerprint density at radius 1 is 1.21 bits per heavy atom. The summed E-state index contributed by atoms with van der Waals surface area (Å²) < 4.78 is 9.44. The Labute approximate surface area is 138 Å². The minimum Gasteiger partial charge on any atom is -0.487 e. The number of nitrogens with zero attached hydrogens (tertiary/aromatic N) is 2. The third-order valence-electron chi connectivity index (χ3n) is 4.80. The van der Waals surface area contributed by atoms with Crippen LogP contribution >= 0.6 is 0 Å². The maximum absolute atomic E-state index is 12.5. The molecule has 3 aromatic rings. The van der Waals surface area contributed by atoms with Gasteiger partial charge in [0.05, 0.1) is 17.1 Å². The average Bonchev–Trinajstić information content (AvgIpc) is 2.56. The second-order valence-electron chi connectivity index (χ2n) is 6.33. The molecule has 0 bridgehead atoms. The molecule has 1 aliphatic rings. The Morgan fingerprint density at radius 2 is 2.00 bits per heavy atom. The fourth-order valence-corrected chi connectivity index (χ4v) is 3.63. The van der Waals surface area contributed by atoms with Gasteiger partial charge < -0.3 is 14.6 Å². The molecular formula is C18H19N3O3. The maximum Gasteiger partial charge on any atom is 0.251 e. The van der Waals surface area contributed by atoms with Crippen molar-refractivity contribution in [2.24, 2.45) is 7.05 Å². The first-order chi connectivity index (χ1) is 11.5. The second kappa shape index (κ2) is 5.21. The molecule has 0 saturated carbocycles. The van der Waals surface area contributed by atoms with Crippen LogP contribution in [0.25, 0.3) is 21.8 Å². The van der Waals surface area contributed by atoms with Gasteiger partial charge in [-0.15, -0.1) is 0 Å². The molecule has 2 aromatic heterocycles. The fourth-order valence-electron chi connectivity index (χ4n) is 3.63. The van der Waals surface area contributed by atoms with Crippen LogP contribution in [0, 0.1) is 6.92 Å². The molecule has 0 fully saturated rings. The van der Waals surface area contributed by atoms with Gasteiger partial charge in [-0.05, 0) is 31.7 Å². The van der Waals surface area contributed by atoms with E-state index in [2.05, 4.69) is 5.32 Å². The highest BCUT2D eigenvalue weighted by molar-refractivity contribution is 6.03. The number of fused-ring (bicyclic) bond motifs is 2. The molecule has 124 valence electrons. The van der Waals surface area contributed by atoms with E-state index in [-0.39, 0.29) is 17.2 Å². The largest absolute Gasteiger partial charge is 0.487 e. The molecule has 1 atom stereocenters. The molecule has 3 heterocycles. The Balaban J connectivity index is 2.24. The molecular weight excluding hydrogens is 306 g/mol. The van der Waals surface area contributed by atoms with Crippen LogP contribution in [-0.2, 0) is 7.05 Å². The van der Waals surface area contributed by atoms with Crippen LogP contribution in [0.2, 0.25) is 0 Å². The second-order valence-corrected chi connectivity index (χ2v) is 6.33. The lowest BCUT2D eigenvalue weighted by Crippen LogP contribution is -2.37. The maximum atomic E-state index is 12.5. The molecule has 4 rings (SSSR count). The van der Waals surface area contributed by atoms with Crippen LogP contribution < -0.4 is 21.2 Å². The standard InChI is InChI=1S/C18H19N3O3/c1-10-6-15(23)20(3)17-13(10)7-11-4-5-14(22)21-12(8-19-2)9-24-18(17)16(11)21/h4-7,12,19H,8-9H2,1-3H3/t12-/m0/s1. The molecule has 1 aromatic carbocycles. The molecule has 1 N–H and O–H groups in total. The van der Waals surface area contributed by atoms with Gasteiger partial charge >= 0.3 is 0 Å². The van der Waals surface area contributed by atoms with Crippen molar-refractivity contribution in [1.29, 1.82) is 0 Å². The van der Waals surface area contributed by atoms with Gasteiger partial charge in [-0.2, -0.15) is 0 Å². The van der Waals surface area contributed by atoms with E-state index in [1.54, 1.807) is 28.3 Å². The first-order valence-corrected chi connectivity index (χ1v) is 7.99. The predicted molar refractivity (Wildman–Crippen MR) is 94.2 cm³/mol. The Morgan fingerprint density at radius 3 is 2.75 bits per heavy atom. The van der Waals surface area contributed by atoms with Crippen molar-refractivity contribution < 1.29 is 4.74 Å². The summed E-state index contributed by atoms with van der Waals surface area (Å²) in [5.41, 5.74) is 2.28. The van der Waals surface area contributed by atoms with E-state index in [9.17, 15) is 9.59 Å². The lowest BCUT2D eigenvalue weighted by atomic mass is 10.0. The number of nitrogens with one attached hydrogen (secondary N) is 1. The number of likely N-dealkylation sites (N-methyl/N-ethyl adjacent to an activating group) is 1. The number of aromatic nitrogens is 2. The summed E-state index contributed by atoms with van der Waals surface area (Å²) in [6.07, 6.45) is 0. The number of rotatable bonds is 2. The molecule has 0 amide bonds. The van der Waals surface area contributed by atoms with Crippen molar-refractivity contribution in [1.82, 2.24) is 14.5 Å². The van der Waals surface area contributed by atoms with E-state index in [4.69, 9.17) is 4.74 Å². The van der Waals surface area contributed by atoms with Crippen LogP contribution in [-0.4, -0.2) is 29.3 Å². The van der Waals surface area contributed by atoms with Gasteiger partial charge in [0.15, 0.2) is 5.75 Å². The zero-order valence-electron chi connectivity index (χ0n) is 13.9. The third-order valence-corrected chi connectivity index (χ3v) is 4.80. The Hall–Kier alpha value is -2.60. The molecule has 0 saturated heterocycles. The molecule has 6 nitrogen and oxygen atoms in total. The molecule has 0 unspecified atom stereocenters. The van der Waals surface area contributed by atoms with E-state index >= 15 is 0 Å². The minimum absolute atomic E-state index is 0.0516. The highest BCUT2D eigenvalue weighted by Crippen LogP contribution is 2.38. The topological polar surface area (TPSA) is 65.3 Å². The Bertz CT molecular complexity index is 1090. The number of ether oxygens (including phenoxy) is 1. The molecule has 24 heavy (non-hydrogen) atoms. The van der Waals surface area contributed by atoms with Crippen LogP contribution in [0.5, 0.6) is 5.75 Å². The molecule has 1 aliphatic heterocycles. The van der Waals surface area contributed by atoms with E-state index in [0.29, 0.717) is 18.9 Å². The summed E-state index contributed by atoms with van der Waals surface area (Å²) in [5, 5.41) is 5.02. The zero-order valence-corrected chi connectivity index (χ0v) is 13.9. The average molecular weight is 325 g/mol. The number of aryl methyl sites for hydroxylation is 2. The van der Waals surface area contributed by atoms with Gasteiger partial charge in [-0.3, -0.25) is 14.2 Å². The first kappa shape index (κ1) is 15.0. The normalized spacial score (nSPS) is 16.5. The number of hydrogen-bond acceptors (Lipinski definition) is 4. The van der Waals surface area contributed by atoms with Crippen molar-refractivity contribution in [3.8, 4) is 5.75 Å². The summed E-state index contributed by atoms with van der Waals surface area (Å²) in [6, 6.07) is 7.02. The summed E-state index contributed by atoms with van der Waals surface area (Å²) in [4.78, 5) is 24.7. The van der Waals surface area contributed by atoms with Crippen molar-refractivity contribution in [3.05, 3.63) is 50.5 Å². The van der Waals surface area contributed by atoms with Crippen LogP contribution in [0.4, 0.5) is 0 Å².